The maximum Gasteiger partial charge on any atom is 0.494 e. The van der Waals surface area contributed by atoms with Crippen molar-refractivity contribution >= 4 is 34.5 Å². The van der Waals surface area contributed by atoms with E-state index in [9.17, 15) is 0 Å². The molecule has 5 aromatic carbocycles. The van der Waals surface area contributed by atoms with Gasteiger partial charge in [0, 0.05) is 16.3 Å². The van der Waals surface area contributed by atoms with Crippen LogP contribution in [-0.2, 0) is 9.31 Å². The Morgan fingerprint density at radius 3 is 1.90 bits per heavy atom. The smallest absolute Gasteiger partial charge is 0.455 e. The fraction of sp³-hybridized carbons (Fsp3) is 0.167. The van der Waals surface area contributed by atoms with Gasteiger partial charge in [0.2, 0.25) is 0 Å². The standard InChI is InChI=1S/C36H31BO3/c1-35(2)36(3,4)40-37(39-35)29-19-20-30-32-22-28(26-17-15-25(16-18-26)24-11-7-5-8-12-24)21-31(27-13-9-6-10-14-27)34(32)38-33(30)23-29/h5-23H,1-4H3/i6D,9D,10D,13D,14D. The van der Waals surface area contributed by atoms with Crippen molar-refractivity contribution in [1.29, 1.82) is 0 Å². The first-order valence-corrected chi connectivity index (χ1v) is 13.5. The average molecular weight is 527 g/mol. The molecule has 0 aliphatic carbocycles. The molecular formula is C36H31BO3. The third-order valence-corrected chi connectivity index (χ3v) is 8.22. The van der Waals surface area contributed by atoms with Gasteiger partial charge in [-0.05, 0) is 79.2 Å². The van der Waals surface area contributed by atoms with Crippen molar-refractivity contribution in [3.63, 3.8) is 0 Å². The Labute approximate surface area is 242 Å². The van der Waals surface area contributed by atoms with E-state index in [1.54, 1.807) is 0 Å². The normalized spacial score (nSPS) is 17.9. The number of benzene rings is 5. The minimum atomic E-state index is -0.577. The van der Waals surface area contributed by atoms with E-state index in [1.165, 1.54) is 0 Å². The van der Waals surface area contributed by atoms with Gasteiger partial charge in [-0.3, -0.25) is 0 Å². The van der Waals surface area contributed by atoms with Crippen LogP contribution in [0.25, 0.3) is 55.3 Å². The molecule has 0 N–H and O–H groups in total. The van der Waals surface area contributed by atoms with E-state index in [0.717, 1.165) is 38.5 Å². The number of hydrogen-bond acceptors (Lipinski definition) is 3. The first-order valence-electron chi connectivity index (χ1n) is 16.0. The quantitative estimate of drug-likeness (QED) is 0.215. The summed E-state index contributed by atoms with van der Waals surface area (Å²) in [5.74, 6) is 0. The second kappa shape index (κ2) is 9.23. The molecular weight excluding hydrogens is 491 g/mol. The Morgan fingerprint density at radius 2 is 1.23 bits per heavy atom. The molecule has 1 aliphatic rings. The van der Waals surface area contributed by atoms with Crippen LogP contribution in [0.2, 0.25) is 0 Å². The molecule has 6 aromatic rings. The van der Waals surface area contributed by atoms with Crippen LogP contribution in [-0.4, -0.2) is 18.3 Å². The molecule has 1 saturated heterocycles. The Kier molecular flexibility index (Phi) is 4.58. The summed E-state index contributed by atoms with van der Waals surface area (Å²) in [6.45, 7) is 8.03. The highest BCUT2D eigenvalue weighted by Crippen LogP contribution is 2.41. The maximum atomic E-state index is 8.76. The lowest BCUT2D eigenvalue weighted by atomic mass is 9.79. The molecule has 40 heavy (non-hydrogen) atoms. The number of hydrogen-bond donors (Lipinski definition) is 0. The second-order valence-electron chi connectivity index (χ2n) is 11.3. The van der Waals surface area contributed by atoms with E-state index in [2.05, 4.69) is 24.3 Å². The fourth-order valence-electron chi connectivity index (χ4n) is 5.24. The molecule has 0 atom stereocenters. The lowest BCUT2D eigenvalue weighted by Gasteiger charge is -2.32. The largest absolute Gasteiger partial charge is 0.494 e. The molecule has 0 unspecified atom stereocenters. The topological polar surface area (TPSA) is 31.6 Å². The summed E-state index contributed by atoms with van der Waals surface area (Å²) in [5.41, 5.74) is 5.31. The Morgan fingerprint density at radius 1 is 0.600 bits per heavy atom. The van der Waals surface area contributed by atoms with E-state index in [0.29, 0.717) is 16.7 Å². The highest BCUT2D eigenvalue weighted by Gasteiger charge is 2.51. The van der Waals surface area contributed by atoms with Gasteiger partial charge in [0.1, 0.15) is 11.2 Å². The van der Waals surface area contributed by atoms with Crippen molar-refractivity contribution in [2.75, 3.05) is 0 Å². The molecule has 0 radical (unpaired) electrons. The van der Waals surface area contributed by atoms with Crippen molar-refractivity contribution in [2.24, 2.45) is 0 Å². The lowest BCUT2D eigenvalue weighted by molar-refractivity contribution is 0.00578. The van der Waals surface area contributed by atoms with Gasteiger partial charge >= 0.3 is 7.12 Å². The van der Waals surface area contributed by atoms with Crippen LogP contribution in [0.1, 0.15) is 34.5 Å². The Balaban J connectivity index is 1.44. The molecule has 3 nitrogen and oxygen atoms in total. The third kappa shape index (κ3) is 4.16. The van der Waals surface area contributed by atoms with E-state index < -0.39 is 36.4 Å². The van der Waals surface area contributed by atoms with Crippen molar-refractivity contribution in [3.8, 4) is 33.4 Å². The molecule has 196 valence electrons. The van der Waals surface area contributed by atoms with Gasteiger partial charge in [-0.15, -0.1) is 0 Å². The molecule has 0 saturated carbocycles. The van der Waals surface area contributed by atoms with Crippen LogP contribution in [0.4, 0.5) is 0 Å². The lowest BCUT2D eigenvalue weighted by Crippen LogP contribution is -2.41. The van der Waals surface area contributed by atoms with E-state index in [1.807, 2.05) is 88.4 Å². The third-order valence-electron chi connectivity index (χ3n) is 8.22. The predicted octanol–water partition coefficient (Wildman–Crippen LogP) is 8.89. The van der Waals surface area contributed by atoms with Gasteiger partial charge in [0.05, 0.1) is 18.1 Å². The summed E-state index contributed by atoms with van der Waals surface area (Å²) in [7, 11) is -0.577. The number of rotatable bonds is 4. The minimum Gasteiger partial charge on any atom is -0.455 e. The first kappa shape index (κ1) is 19.9. The van der Waals surface area contributed by atoms with Gasteiger partial charge < -0.3 is 13.7 Å². The van der Waals surface area contributed by atoms with Crippen LogP contribution in [0.5, 0.6) is 0 Å². The number of furan rings is 1. The van der Waals surface area contributed by atoms with Crippen LogP contribution in [0, 0.1) is 0 Å². The molecule has 7 rings (SSSR count). The fourth-order valence-corrected chi connectivity index (χ4v) is 5.24. The molecule has 1 aromatic heterocycles. The summed E-state index contributed by atoms with van der Waals surface area (Å²) in [6.07, 6.45) is 0. The Hall–Kier alpha value is -4.12. The number of fused-ring (bicyclic) bond motifs is 3. The zero-order valence-electron chi connectivity index (χ0n) is 27.9. The predicted molar refractivity (Wildman–Crippen MR) is 166 cm³/mol. The zero-order valence-corrected chi connectivity index (χ0v) is 22.9. The maximum absolute atomic E-state index is 8.76. The van der Waals surface area contributed by atoms with Crippen LogP contribution in [0.15, 0.2) is 120 Å². The molecule has 1 aliphatic heterocycles. The highest BCUT2D eigenvalue weighted by atomic mass is 16.7. The molecule has 0 spiro atoms. The van der Waals surface area contributed by atoms with Gasteiger partial charge in [-0.2, -0.15) is 0 Å². The first-order chi connectivity index (χ1) is 21.4. The molecule has 1 fully saturated rings. The van der Waals surface area contributed by atoms with Crippen LogP contribution < -0.4 is 5.46 Å². The van der Waals surface area contributed by atoms with Crippen LogP contribution >= 0.6 is 0 Å². The SMILES string of the molecule is [2H]c1c([2H])c([2H])c(-c2cc(-c3ccc(-c4ccccc4)cc3)cc3c2oc2cc(B4OC(C)(C)C(C)(C)O4)ccc23)c([2H])c1[2H]. The monoisotopic (exact) mass is 527 g/mol. The summed E-state index contributed by atoms with van der Waals surface area (Å²) >= 11 is 0. The van der Waals surface area contributed by atoms with E-state index in [-0.39, 0.29) is 17.6 Å². The van der Waals surface area contributed by atoms with Gasteiger partial charge in [-0.25, -0.2) is 0 Å². The van der Waals surface area contributed by atoms with Crippen molar-refractivity contribution < 1.29 is 20.6 Å². The van der Waals surface area contributed by atoms with Crippen molar-refractivity contribution in [1.82, 2.24) is 0 Å². The van der Waals surface area contributed by atoms with Crippen molar-refractivity contribution in [3.05, 3.63) is 115 Å². The minimum absolute atomic E-state index is 0.0963. The molecule has 0 amide bonds. The molecule has 4 heteroatoms. The summed E-state index contributed by atoms with van der Waals surface area (Å²) in [5, 5.41) is 1.61. The summed E-state index contributed by atoms with van der Waals surface area (Å²) < 4.78 is 61.4. The molecule has 0 bridgehead atoms. The van der Waals surface area contributed by atoms with E-state index in [4.69, 9.17) is 20.6 Å². The second-order valence-corrected chi connectivity index (χ2v) is 11.3. The van der Waals surface area contributed by atoms with Gasteiger partial charge in [-0.1, -0.05) is 96.9 Å². The summed E-state index contributed by atoms with van der Waals surface area (Å²) in [6, 6.07) is 26.2. The van der Waals surface area contributed by atoms with Crippen LogP contribution in [0.3, 0.4) is 0 Å². The van der Waals surface area contributed by atoms with Crippen molar-refractivity contribution in [2.45, 2.75) is 38.9 Å². The molecule has 2 heterocycles. The Bertz CT molecular complexity index is 2080. The van der Waals surface area contributed by atoms with Gasteiger partial charge in [0.25, 0.3) is 0 Å². The van der Waals surface area contributed by atoms with Gasteiger partial charge in [0.15, 0.2) is 0 Å². The zero-order chi connectivity index (χ0) is 31.8. The average Bonchev–Trinajstić information content (AvgIpc) is 3.51. The van der Waals surface area contributed by atoms with E-state index >= 15 is 0 Å². The summed E-state index contributed by atoms with van der Waals surface area (Å²) in [4.78, 5) is 0. The highest BCUT2D eigenvalue weighted by molar-refractivity contribution is 6.62.